The van der Waals surface area contributed by atoms with Crippen LogP contribution in [0, 0.1) is 13.8 Å². The molecule has 0 aliphatic rings. The molecule has 0 bridgehead atoms. The number of rotatable bonds is 1. The highest BCUT2D eigenvalue weighted by Gasteiger charge is 2.05. The molecular formula is C18H16. The van der Waals surface area contributed by atoms with Gasteiger partial charge in [-0.05, 0) is 41.3 Å². The molecule has 18 heavy (non-hydrogen) atoms. The van der Waals surface area contributed by atoms with Crippen LogP contribution in [-0.4, -0.2) is 0 Å². The lowest BCUT2D eigenvalue weighted by Crippen LogP contribution is -1.85. The molecule has 3 aromatic rings. The van der Waals surface area contributed by atoms with E-state index in [-0.39, 0.29) is 0 Å². The number of fused-ring (bicyclic) bond motifs is 1. The third-order valence-corrected chi connectivity index (χ3v) is 3.47. The summed E-state index contributed by atoms with van der Waals surface area (Å²) < 4.78 is 0. The Kier molecular flexibility index (Phi) is 2.64. The maximum absolute atomic E-state index is 2.25. The van der Waals surface area contributed by atoms with Gasteiger partial charge in [-0.1, -0.05) is 66.2 Å². The van der Waals surface area contributed by atoms with Crippen molar-refractivity contribution in [2.45, 2.75) is 13.8 Å². The van der Waals surface area contributed by atoms with Gasteiger partial charge in [0.15, 0.2) is 0 Å². The molecule has 0 spiro atoms. The zero-order chi connectivity index (χ0) is 12.5. The lowest BCUT2D eigenvalue weighted by atomic mass is 9.94. The molecule has 0 heteroatoms. The van der Waals surface area contributed by atoms with Gasteiger partial charge < -0.3 is 0 Å². The van der Waals surface area contributed by atoms with Crippen LogP contribution in [0.25, 0.3) is 21.9 Å². The van der Waals surface area contributed by atoms with Gasteiger partial charge in [0.1, 0.15) is 0 Å². The van der Waals surface area contributed by atoms with Crippen LogP contribution in [0.2, 0.25) is 0 Å². The van der Waals surface area contributed by atoms with Crippen LogP contribution in [0.4, 0.5) is 0 Å². The Bertz CT molecular complexity index is 708. The highest BCUT2D eigenvalue weighted by Crippen LogP contribution is 2.31. The van der Waals surface area contributed by atoms with Crippen molar-refractivity contribution in [3.05, 3.63) is 71.8 Å². The summed E-state index contributed by atoms with van der Waals surface area (Å²) in [4.78, 5) is 0. The van der Waals surface area contributed by atoms with Gasteiger partial charge in [-0.25, -0.2) is 0 Å². The monoisotopic (exact) mass is 232 g/mol. The maximum atomic E-state index is 2.25. The summed E-state index contributed by atoms with van der Waals surface area (Å²) in [7, 11) is 0. The lowest BCUT2D eigenvalue weighted by Gasteiger charge is -2.10. The number of aryl methyl sites for hydroxylation is 2. The molecule has 0 heterocycles. The average molecular weight is 232 g/mol. The summed E-state index contributed by atoms with van der Waals surface area (Å²) >= 11 is 0. The van der Waals surface area contributed by atoms with Crippen LogP contribution in [-0.2, 0) is 0 Å². The molecule has 0 aromatic heterocycles. The van der Waals surface area contributed by atoms with Gasteiger partial charge in [-0.15, -0.1) is 0 Å². The molecule has 0 amide bonds. The smallest absolute Gasteiger partial charge is 0.0103 e. The summed E-state index contributed by atoms with van der Waals surface area (Å²) in [6.07, 6.45) is 0. The normalized spacial score (nSPS) is 10.8. The van der Waals surface area contributed by atoms with Gasteiger partial charge in [-0.2, -0.15) is 0 Å². The fourth-order valence-corrected chi connectivity index (χ4v) is 2.51. The van der Waals surface area contributed by atoms with Gasteiger partial charge in [0.2, 0.25) is 0 Å². The van der Waals surface area contributed by atoms with Crippen molar-refractivity contribution < 1.29 is 0 Å². The second kappa shape index (κ2) is 4.30. The van der Waals surface area contributed by atoms with Gasteiger partial charge in [0.25, 0.3) is 0 Å². The fourth-order valence-electron chi connectivity index (χ4n) is 2.51. The highest BCUT2D eigenvalue weighted by atomic mass is 14.1. The topological polar surface area (TPSA) is 0 Å². The first kappa shape index (κ1) is 11.0. The van der Waals surface area contributed by atoms with Crippen molar-refractivity contribution in [1.82, 2.24) is 0 Å². The standard InChI is InChI=1S/C18H16/c1-13-10-11-17-15(12-13)7-5-9-18(17)16-8-4-3-6-14(16)2/h3-12H,1-2H3. The van der Waals surface area contributed by atoms with E-state index in [0.717, 1.165) is 0 Å². The minimum atomic E-state index is 1.31. The Morgan fingerprint density at radius 3 is 2.28 bits per heavy atom. The van der Waals surface area contributed by atoms with Crippen LogP contribution in [0.5, 0.6) is 0 Å². The van der Waals surface area contributed by atoms with Crippen LogP contribution < -0.4 is 0 Å². The van der Waals surface area contributed by atoms with Crippen molar-refractivity contribution in [3.8, 4) is 11.1 Å². The predicted octanol–water partition coefficient (Wildman–Crippen LogP) is 5.12. The van der Waals surface area contributed by atoms with E-state index in [9.17, 15) is 0 Å². The largest absolute Gasteiger partial charge is 0.0620 e. The molecule has 0 atom stereocenters. The van der Waals surface area contributed by atoms with Crippen molar-refractivity contribution in [1.29, 1.82) is 0 Å². The van der Waals surface area contributed by atoms with Crippen molar-refractivity contribution >= 4 is 10.8 Å². The van der Waals surface area contributed by atoms with E-state index in [1.54, 1.807) is 0 Å². The molecule has 3 aromatic carbocycles. The van der Waals surface area contributed by atoms with Gasteiger partial charge in [0, 0.05) is 0 Å². The molecule has 0 radical (unpaired) electrons. The van der Waals surface area contributed by atoms with E-state index in [4.69, 9.17) is 0 Å². The Morgan fingerprint density at radius 2 is 1.44 bits per heavy atom. The summed E-state index contributed by atoms with van der Waals surface area (Å²) in [6, 6.07) is 21.8. The van der Waals surface area contributed by atoms with Gasteiger partial charge >= 0.3 is 0 Å². The van der Waals surface area contributed by atoms with Crippen LogP contribution >= 0.6 is 0 Å². The SMILES string of the molecule is Cc1ccc2c(-c3ccccc3C)cccc2c1. The summed E-state index contributed by atoms with van der Waals surface area (Å²) in [5.74, 6) is 0. The molecule has 0 N–H and O–H groups in total. The van der Waals surface area contributed by atoms with E-state index >= 15 is 0 Å². The second-order valence-electron chi connectivity index (χ2n) is 4.85. The van der Waals surface area contributed by atoms with Crippen LogP contribution in [0.3, 0.4) is 0 Å². The number of benzene rings is 3. The number of hydrogen-bond acceptors (Lipinski definition) is 0. The van der Waals surface area contributed by atoms with Crippen LogP contribution in [0.15, 0.2) is 60.7 Å². The first-order valence-corrected chi connectivity index (χ1v) is 6.31. The van der Waals surface area contributed by atoms with E-state index in [1.165, 1.54) is 33.0 Å². The summed E-state index contributed by atoms with van der Waals surface area (Å²) in [5, 5.41) is 2.65. The van der Waals surface area contributed by atoms with E-state index < -0.39 is 0 Å². The fraction of sp³-hybridized carbons (Fsp3) is 0.111. The molecule has 0 unspecified atom stereocenters. The molecule has 0 saturated heterocycles. The van der Waals surface area contributed by atoms with Crippen molar-refractivity contribution in [3.63, 3.8) is 0 Å². The molecule has 0 nitrogen and oxygen atoms in total. The zero-order valence-electron chi connectivity index (χ0n) is 10.8. The lowest BCUT2D eigenvalue weighted by molar-refractivity contribution is 1.46. The number of hydrogen-bond donors (Lipinski definition) is 0. The molecule has 0 saturated carbocycles. The summed E-state index contributed by atoms with van der Waals surface area (Å²) in [5.41, 5.74) is 5.28. The first-order chi connectivity index (χ1) is 8.75. The Hall–Kier alpha value is -2.08. The molecule has 0 fully saturated rings. The second-order valence-corrected chi connectivity index (χ2v) is 4.85. The zero-order valence-corrected chi connectivity index (χ0v) is 10.8. The molecule has 3 rings (SSSR count). The highest BCUT2D eigenvalue weighted by molar-refractivity contribution is 5.97. The molecular weight excluding hydrogens is 216 g/mol. The minimum Gasteiger partial charge on any atom is -0.0620 e. The molecule has 0 aliphatic carbocycles. The van der Waals surface area contributed by atoms with E-state index in [1.807, 2.05) is 0 Å². The third kappa shape index (κ3) is 1.80. The van der Waals surface area contributed by atoms with Crippen molar-refractivity contribution in [2.24, 2.45) is 0 Å². The first-order valence-electron chi connectivity index (χ1n) is 6.31. The Morgan fingerprint density at radius 1 is 0.667 bits per heavy atom. The average Bonchev–Trinajstić information content (AvgIpc) is 2.38. The third-order valence-electron chi connectivity index (χ3n) is 3.47. The Balaban J connectivity index is 2.33. The Labute approximate surface area is 108 Å². The molecule has 88 valence electrons. The van der Waals surface area contributed by atoms with E-state index in [2.05, 4.69) is 74.5 Å². The van der Waals surface area contributed by atoms with Crippen LogP contribution in [0.1, 0.15) is 11.1 Å². The quantitative estimate of drug-likeness (QED) is 0.546. The summed E-state index contributed by atoms with van der Waals surface area (Å²) in [6.45, 7) is 4.31. The van der Waals surface area contributed by atoms with Gasteiger partial charge in [0.05, 0.1) is 0 Å². The predicted molar refractivity (Wildman–Crippen MR) is 78.9 cm³/mol. The molecule has 0 aliphatic heterocycles. The van der Waals surface area contributed by atoms with Gasteiger partial charge in [-0.3, -0.25) is 0 Å². The maximum Gasteiger partial charge on any atom is -0.0103 e. The minimum absolute atomic E-state index is 1.31. The van der Waals surface area contributed by atoms with Crippen molar-refractivity contribution in [2.75, 3.05) is 0 Å². The van der Waals surface area contributed by atoms with E-state index in [0.29, 0.717) is 0 Å².